The number of halogens is 1. The lowest BCUT2D eigenvalue weighted by Crippen LogP contribution is -2.28. The number of hydrogen-bond donors (Lipinski definition) is 0. The van der Waals surface area contributed by atoms with E-state index in [2.05, 4.69) is 4.98 Å². The van der Waals surface area contributed by atoms with Crippen LogP contribution in [-0.2, 0) is 13.5 Å². The average molecular weight is 365 g/mol. The van der Waals surface area contributed by atoms with Crippen molar-refractivity contribution < 1.29 is 9.18 Å². The average Bonchev–Trinajstić information content (AvgIpc) is 3.08. The Bertz CT molecular complexity index is 948. The summed E-state index contributed by atoms with van der Waals surface area (Å²) in [5.41, 5.74) is 2.82. The minimum atomic E-state index is -0.240. The molecular weight excluding hydrogens is 341 g/mol. The Hall–Kier alpha value is -2.95. The van der Waals surface area contributed by atoms with Crippen LogP contribution in [0.25, 0.3) is 11.1 Å². The van der Waals surface area contributed by atoms with Crippen LogP contribution in [0, 0.1) is 12.7 Å². The zero-order chi connectivity index (χ0) is 19.4. The Morgan fingerprint density at radius 3 is 2.67 bits per heavy atom. The first kappa shape index (κ1) is 18.8. The smallest absolute Gasteiger partial charge is 0.253 e. The Kier molecular flexibility index (Phi) is 5.69. The Morgan fingerprint density at radius 2 is 1.96 bits per heavy atom. The van der Waals surface area contributed by atoms with E-state index in [1.54, 1.807) is 37.2 Å². The van der Waals surface area contributed by atoms with Crippen LogP contribution in [0.4, 0.5) is 4.39 Å². The molecule has 1 amide bonds. The van der Waals surface area contributed by atoms with Gasteiger partial charge in [-0.05, 0) is 48.2 Å². The second kappa shape index (κ2) is 8.16. The highest BCUT2D eigenvalue weighted by atomic mass is 19.1. The van der Waals surface area contributed by atoms with Gasteiger partial charge in [-0.15, -0.1) is 0 Å². The molecule has 0 atom stereocenters. The largest absolute Gasteiger partial charge is 0.342 e. The summed E-state index contributed by atoms with van der Waals surface area (Å²) in [5, 5.41) is 0. The highest BCUT2D eigenvalue weighted by Crippen LogP contribution is 2.23. The van der Waals surface area contributed by atoms with Crippen molar-refractivity contribution in [2.24, 2.45) is 7.05 Å². The van der Waals surface area contributed by atoms with Crippen LogP contribution in [0.5, 0.6) is 0 Å². The van der Waals surface area contributed by atoms with Crippen molar-refractivity contribution in [1.29, 1.82) is 0 Å². The highest BCUT2D eigenvalue weighted by Gasteiger charge is 2.13. The quantitative estimate of drug-likeness (QED) is 0.655. The van der Waals surface area contributed by atoms with Gasteiger partial charge in [0.15, 0.2) is 0 Å². The lowest BCUT2D eigenvalue weighted by molar-refractivity contribution is 0.0793. The van der Waals surface area contributed by atoms with Gasteiger partial charge in [0, 0.05) is 45.0 Å². The van der Waals surface area contributed by atoms with Gasteiger partial charge >= 0.3 is 0 Å². The van der Waals surface area contributed by atoms with Crippen molar-refractivity contribution in [3.05, 3.63) is 77.6 Å². The SMILES string of the molecule is Cc1ccc(-c2cccc(C(=O)N(C)CCCc3nccn3C)c2)cc1F. The van der Waals surface area contributed by atoms with Crippen LogP contribution in [0.2, 0.25) is 0 Å². The summed E-state index contributed by atoms with van der Waals surface area (Å²) in [6.07, 6.45) is 5.37. The van der Waals surface area contributed by atoms with Crippen molar-refractivity contribution in [1.82, 2.24) is 14.5 Å². The molecule has 0 bridgehead atoms. The van der Waals surface area contributed by atoms with Gasteiger partial charge in [0.1, 0.15) is 11.6 Å². The van der Waals surface area contributed by atoms with E-state index in [9.17, 15) is 9.18 Å². The molecule has 5 heteroatoms. The summed E-state index contributed by atoms with van der Waals surface area (Å²) in [7, 11) is 3.77. The molecular formula is C22H24FN3O. The molecule has 0 unspecified atom stereocenters. The fraction of sp³-hybridized carbons (Fsp3) is 0.273. The molecule has 0 radical (unpaired) electrons. The van der Waals surface area contributed by atoms with Crippen molar-refractivity contribution in [2.75, 3.05) is 13.6 Å². The third-order valence-corrected chi connectivity index (χ3v) is 4.78. The minimum Gasteiger partial charge on any atom is -0.342 e. The molecule has 1 aromatic heterocycles. The number of imidazole rings is 1. The van der Waals surface area contributed by atoms with Gasteiger partial charge in [0.05, 0.1) is 0 Å². The number of benzene rings is 2. The normalized spacial score (nSPS) is 10.8. The molecule has 4 nitrogen and oxygen atoms in total. The molecule has 27 heavy (non-hydrogen) atoms. The Labute approximate surface area is 159 Å². The Morgan fingerprint density at radius 1 is 1.19 bits per heavy atom. The van der Waals surface area contributed by atoms with E-state index in [0.29, 0.717) is 17.7 Å². The number of aryl methyl sites for hydroxylation is 3. The highest BCUT2D eigenvalue weighted by molar-refractivity contribution is 5.95. The van der Waals surface area contributed by atoms with Crippen molar-refractivity contribution in [3.63, 3.8) is 0 Å². The molecule has 0 aliphatic carbocycles. The van der Waals surface area contributed by atoms with Crippen molar-refractivity contribution >= 4 is 5.91 Å². The first-order valence-electron chi connectivity index (χ1n) is 9.04. The Balaban J connectivity index is 1.67. The molecule has 3 aromatic rings. The third-order valence-electron chi connectivity index (χ3n) is 4.78. The first-order valence-corrected chi connectivity index (χ1v) is 9.04. The second-order valence-corrected chi connectivity index (χ2v) is 6.83. The predicted octanol–water partition coefficient (Wildman–Crippen LogP) is 4.24. The van der Waals surface area contributed by atoms with E-state index in [4.69, 9.17) is 0 Å². The number of hydrogen-bond acceptors (Lipinski definition) is 2. The van der Waals surface area contributed by atoms with E-state index in [0.717, 1.165) is 29.8 Å². The van der Waals surface area contributed by atoms with Crippen LogP contribution < -0.4 is 0 Å². The summed E-state index contributed by atoms with van der Waals surface area (Å²) in [5.74, 6) is 0.735. The summed E-state index contributed by atoms with van der Waals surface area (Å²) >= 11 is 0. The standard InChI is InChI=1S/C22H24FN3O/c1-16-9-10-18(15-20(16)23)17-6-4-7-19(14-17)22(27)26(3)12-5-8-21-24-11-13-25(21)2/h4,6-7,9-11,13-15H,5,8,12H2,1-3H3. The van der Waals surface area contributed by atoms with E-state index in [1.807, 2.05) is 42.1 Å². The van der Waals surface area contributed by atoms with Crippen LogP contribution in [0.15, 0.2) is 54.9 Å². The van der Waals surface area contributed by atoms with Gasteiger partial charge in [0.25, 0.3) is 5.91 Å². The van der Waals surface area contributed by atoms with Gasteiger partial charge < -0.3 is 9.47 Å². The summed E-state index contributed by atoms with van der Waals surface area (Å²) < 4.78 is 15.8. The van der Waals surface area contributed by atoms with Crippen LogP contribution in [0.3, 0.4) is 0 Å². The molecule has 0 aliphatic heterocycles. The molecule has 0 N–H and O–H groups in total. The van der Waals surface area contributed by atoms with E-state index in [1.165, 1.54) is 6.07 Å². The van der Waals surface area contributed by atoms with Gasteiger partial charge in [-0.2, -0.15) is 0 Å². The topological polar surface area (TPSA) is 38.1 Å². The molecule has 3 rings (SSSR count). The molecule has 2 aromatic carbocycles. The number of nitrogens with zero attached hydrogens (tertiary/aromatic N) is 3. The maximum Gasteiger partial charge on any atom is 0.253 e. The second-order valence-electron chi connectivity index (χ2n) is 6.83. The van der Waals surface area contributed by atoms with Crippen molar-refractivity contribution in [2.45, 2.75) is 19.8 Å². The van der Waals surface area contributed by atoms with Gasteiger partial charge in [-0.1, -0.05) is 24.3 Å². The predicted molar refractivity (Wildman–Crippen MR) is 105 cm³/mol. The number of carbonyl (C=O) groups excluding carboxylic acids is 1. The van der Waals surface area contributed by atoms with Crippen molar-refractivity contribution in [3.8, 4) is 11.1 Å². The van der Waals surface area contributed by atoms with Gasteiger partial charge in [-0.25, -0.2) is 9.37 Å². The lowest BCUT2D eigenvalue weighted by Gasteiger charge is -2.17. The molecule has 0 saturated heterocycles. The summed E-state index contributed by atoms with van der Waals surface area (Å²) in [4.78, 5) is 18.8. The van der Waals surface area contributed by atoms with Crippen LogP contribution in [0.1, 0.15) is 28.2 Å². The molecule has 1 heterocycles. The maximum absolute atomic E-state index is 13.9. The monoisotopic (exact) mass is 365 g/mol. The van der Waals surface area contributed by atoms with Crippen LogP contribution in [-0.4, -0.2) is 34.0 Å². The summed E-state index contributed by atoms with van der Waals surface area (Å²) in [6.45, 7) is 2.38. The zero-order valence-electron chi connectivity index (χ0n) is 15.9. The molecule has 0 fully saturated rings. The van der Waals surface area contributed by atoms with Gasteiger partial charge in [-0.3, -0.25) is 4.79 Å². The van der Waals surface area contributed by atoms with E-state index < -0.39 is 0 Å². The molecule has 140 valence electrons. The number of rotatable bonds is 6. The molecule has 0 aliphatic rings. The van der Waals surface area contributed by atoms with E-state index in [-0.39, 0.29) is 11.7 Å². The summed E-state index contributed by atoms with van der Waals surface area (Å²) in [6, 6.07) is 12.5. The fourth-order valence-corrected chi connectivity index (χ4v) is 3.04. The van der Waals surface area contributed by atoms with Gasteiger partial charge in [0.2, 0.25) is 0 Å². The first-order chi connectivity index (χ1) is 13.0. The minimum absolute atomic E-state index is 0.0377. The molecule has 0 saturated carbocycles. The zero-order valence-corrected chi connectivity index (χ0v) is 15.9. The number of amides is 1. The fourth-order valence-electron chi connectivity index (χ4n) is 3.04. The van der Waals surface area contributed by atoms with Crippen LogP contribution >= 0.6 is 0 Å². The molecule has 0 spiro atoms. The van der Waals surface area contributed by atoms with E-state index >= 15 is 0 Å². The number of carbonyl (C=O) groups is 1. The third kappa shape index (κ3) is 4.42. The maximum atomic E-state index is 13.9. The number of aromatic nitrogens is 2. The lowest BCUT2D eigenvalue weighted by atomic mass is 10.0.